The first-order chi connectivity index (χ1) is 9.36. The van der Waals surface area contributed by atoms with Gasteiger partial charge in [-0.2, -0.15) is 0 Å². The molecule has 1 aromatic carbocycles. The van der Waals surface area contributed by atoms with Crippen LogP contribution in [0.5, 0.6) is 0 Å². The van der Waals surface area contributed by atoms with E-state index in [1.807, 2.05) is 20.8 Å². The number of carbonyl (C=O) groups excluding carboxylic acids is 1. The average Bonchev–Trinajstić information content (AvgIpc) is 2.67. The largest absolute Gasteiger partial charge is 0.399 e. The Balaban J connectivity index is 2.17. The van der Waals surface area contributed by atoms with Gasteiger partial charge in [-0.05, 0) is 50.6 Å². The SMILES string of the molecule is Cc1cc(C(C)NC(=O)c2cc(N)cc(F)c2)c(C)s1. The van der Waals surface area contributed by atoms with E-state index in [2.05, 4.69) is 11.4 Å². The summed E-state index contributed by atoms with van der Waals surface area (Å²) in [4.78, 5) is 14.5. The number of nitrogens with one attached hydrogen (secondary N) is 1. The van der Waals surface area contributed by atoms with Gasteiger partial charge < -0.3 is 11.1 Å². The quantitative estimate of drug-likeness (QED) is 0.850. The van der Waals surface area contributed by atoms with Crippen LogP contribution in [0.2, 0.25) is 0 Å². The maximum atomic E-state index is 13.3. The van der Waals surface area contributed by atoms with Gasteiger partial charge in [-0.1, -0.05) is 0 Å². The fourth-order valence-corrected chi connectivity index (χ4v) is 3.20. The van der Waals surface area contributed by atoms with Gasteiger partial charge in [0.2, 0.25) is 0 Å². The zero-order chi connectivity index (χ0) is 14.9. The highest BCUT2D eigenvalue weighted by atomic mass is 32.1. The van der Waals surface area contributed by atoms with Gasteiger partial charge in [-0.15, -0.1) is 11.3 Å². The van der Waals surface area contributed by atoms with Gasteiger partial charge in [-0.25, -0.2) is 4.39 Å². The fourth-order valence-electron chi connectivity index (χ4n) is 2.18. The van der Waals surface area contributed by atoms with Crippen molar-refractivity contribution in [2.75, 3.05) is 5.73 Å². The van der Waals surface area contributed by atoms with Crippen LogP contribution in [0.25, 0.3) is 0 Å². The lowest BCUT2D eigenvalue weighted by Crippen LogP contribution is -2.27. The lowest BCUT2D eigenvalue weighted by Gasteiger charge is -2.14. The summed E-state index contributed by atoms with van der Waals surface area (Å²) in [6.45, 7) is 5.97. The first-order valence-corrected chi connectivity index (χ1v) is 7.12. The van der Waals surface area contributed by atoms with E-state index in [-0.39, 0.29) is 23.2 Å². The Morgan fingerprint density at radius 3 is 2.55 bits per heavy atom. The van der Waals surface area contributed by atoms with E-state index in [4.69, 9.17) is 5.73 Å². The molecule has 0 aliphatic carbocycles. The third kappa shape index (κ3) is 3.17. The predicted octanol–water partition coefficient (Wildman–Crippen LogP) is 3.58. The standard InChI is InChI=1S/C15H17FN2OS/c1-8-4-14(10(3)20-8)9(2)18-15(19)11-5-12(16)7-13(17)6-11/h4-7,9H,17H2,1-3H3,(H,18,19). The fraction of sp³-hybridized carbons (Fsp3) is 0.267. The minimum atomic E-state index is -0.509. The van der Waals surface area contributed by atoms with Gasteiger partial charge in [0.15, 0.2) is 0 Å². The number of aryl methyl sites for hydroxylation is 2. The lowest BCUT2D eigenvalue weighted by atomic mass is 10.1. The summed E-state index contributed by atoms with van der Waals surface area (Å²) in [5.41, 5.74) is 7.11. The van der Waals surface area contributed by atoms with E-state index in [0.717, 1.165) is 5.56 Å². The van der Waals surface area contributed by atoms with Crippen molar-refractivity contribution in [3.63, 3.8) is 0 Å². The van der Waals surface area contributed by atoms with Gasteiger partial charge in [-0.3, -0.25) is 4.79 Å². The minimum Gasteiger partial charge on any atom is -0.399 e. The van der Waals surface area contributed by atoms with Crippen LogP contribution in [-0.2, 0) is 0 Å². The molecule has 0 aliphatic heterocycles. The molecule has 3 N–H and O–H groups in total. The summed E-state index contributed by atoms with van der Waals surface area (Å²) in [5.74, 6) is -0.836. The molecule has 0 spiro atoms. The highest BCUT2D eigenvalue weighted by Crippen LogP contribution is 2.26. The number of amides is 1. The average molecular weight is 292 g/mol. The molecule has 2 rings (SSSR count). The maximum absolute atomic E-state index is 13.3. The van der Waals surface area contributed by atoms with Crippen LogP contribution >= 0.6 is 11.3 Å². The van der Waals surface area contributed by atoms with Crippen LogP contribution in [0.15, 0.2) is 24.3 Å². The van der Waals surface area contributed by atoms with Crippen molar-refractivity contribution in [2.24, 2.45) is 0 Å². The number of carbonyl (C=O) groups is 1. The lowest BCUT2D eigenvalue weighted by molar-refractivity contribution is 0.0939. The Morgan fingerprint density at radius 1 is 1.30 bits per heavy atom. The van der Waals surface area contributed by atoms with Crippen LogP contribution in [0.1, 0.15) is 38.6 Å². The number of benzene rings is 1. The Hall–Kier alpha value is -1.88. The third-order valence-electron chi connectivity index (χ3n) is 3.08. The molecular formula is C15H17FN2OS. The molecule has 1 unspecified atom stereocenters. The Kier molecular flexibility index (Phi) is 4.09. The number of nitrogens with two attached hydrogens (primary N) is 1. The molecular weight excluding hydrogens is 275 g/mol. The first-order valence-electron chi connectivity index (χ1n) is 6.30. The predicted molar refractivity (Wildman–Crippen MR) is 80.5 cm³/mol. The molecule has 0 aliphatic rings. The van der Waals surface area contributed by atoms with Crippen molar-refractivity contribution in [3.05, 3.63) is 51.0 Å². The second kappa shape index (κ2) is 5.63. The van der Waals surface area contributed by atoms with Gasteiger partial charge in [0.1, 0.15) is 5.82 Å². The summed E-state index contributed by atoms with van der Waals surface area (Å²) in [6, 6.07) is 5.77. The summed E-state index contributed by atoms with van der Waals surface area (Å²) in [5, 5.41) is 2.87. The summed E-state index contributed by atoms with van der Waals surface area (Å²) in [7, 11) is 0. The first kappa shape index (κ1) is 14.5. The maximum Gasteiger partial charge on any atom is 0.251 e. The highest BCUT2D eigenvalue weighted by Gasteiger charge is 2.15. The van der Waals surface area contributed by atoms with Crippen LogP contribution < -0.4 is 11.1 Å². The molecule has 20 heavy (non-hydrogen) atoms. The monoisotopic (exact) mass is 292 g/mol. The molecule has 0 bridgehead atoms. The second-order valence-electron chi connectivity index (χ2n) is 4.84. The molecule has 0 fully saturated rings. The minimum absolute atomic E-state index is 0.128. The summed E-state index contributed by atoms with van der Waals surface area (Å²) >= 11 is 1.69. The molecule has 0 saturated heterocycles. The van der Waals surface area contributed by atoms with Crippen LogP contribution in [0.3, 0.4) is 0 Å². The van der Waals surface area contributed by atoms with Crippen molar-refractivity contribution < 1.29 is 9.18 Å². The Bertz CT molecular complexity index is 631. The molecule has 3 nitrogen and oxygen atoms in total. The number of hydrogen-bond donors (Lipinski definition) is 2. The zero-order valence-corrected chi connectivity index (χ0v) is 12.5. The van der Waals surface area contributed by atoms with E-state index in [1.165, 1.54) is 28.0 Å². The van der Waals surface area contributed by atoms with Crippen LogP contribution in [0.4, 0.5) is 10.1 Å². The summed E-state index contributed by atoms with van der Waals surface area (Å²) < 4.78 is 13.3. The van der Waals surface area contributed by atoms with E-state index in [9.17, 15) is 9.18 Å². The van der Waals surface area contributed by atoms with Crippen molar-refractivity contribution in [1.82, 2.24) is 5.32 Å². The van der Waals surface area contributed by atoms with Crippen LogP contribution in [0, 0.1) is 19.7 Å². The van der Waals surface area contributed by atoms with Crippen molar-refractivity contribution in [2.45, 2.75) is 26.8 Å². The molecule has 0 saturated carbocycles. The van der Waals surface area contributed by atoms with Gasteiger partial charge in [0.25, 0.3) is 5.91 Å². The van der Waals surface area contributed by atoms with Gasteiger partial charge >= 0.3 is 0 Å². The Labute approximate surface area is 121 Å². The normalized spacial score (nSPS) is 12.2. The molecule has 1 aromatic heterocycles. The van der Waals surface area contributed by atoms with E-state index in [1.54, 1.807) is 11.3 Å². The molecule has 1 atom stereocenters. The second-order valence-corrected chi connectivity index (χ2v) is 6.30. The van der Waals surface area contributed by atoms with Gasteiger partial charge in [0.05, 0.1) is 6.04 Å². The molecule has 5 heteroatoms. The van der Waals surface area contributed by atoms with E-state index < -0.39 is 5.82 Å². The molecule has 1 amide bonds. The number of halogens is 1. The van der Waals surface area contributed by atoms with Crippen molar-refractivity contribution >= 4 is 22.9 Å². The van der Waals surface area contributed by atoms with Crippen molar-refractivity contribution in [3.8, 4) is 0 Å². The molecule has 2 aromatic rings. The van der Waals surface area contributed by atoms with Crippen molar-refractivity contribution in [1.29, 1.82) is 0 Å². The number of nitrogen functional groups attached to an aromatic ring is 1. The molecule has 0 radical (unpaired) electrons. The van der Waals surface area contributed by atoms with Gasteiger partial charge in [0, 0.05) is 21.0 Å². The highest BCUT2D eigenvalue weighted by molar-refractivity contribution is 7.12. The number of anilines is 1. The van der Waals surface area contributed by atoms with E-state index in [0.29, 0.717) is 0 Å². The number of rotatable bonds is 3. The molecule has 106 valence electrons. The zero-order valence-electron chi connectivity index (χ0n) is 11.7. The number of thiophene rings is 1. The summed E-state index contributed by atoms with van der Waals surface area (Å²) in [6.07, 6.45) is 0. The Morgan fingerprint density at radius 2 is 2.00 bits per heavy atom. The smallest absolute Gasteiger partial charge is 0.251 e. The number of hydrogen-bond acceptors (Lipinski definition) is 3. The topological polar surface area (TPSA) is 55.1 Å². The molecule has 1 heterocycles. The third-order valence-corrected chi connectivity index (χ3v) is 4.06. The van der Waals surface area contributed by atoms with Crippen LogP contribution in [-0.4, -0.2) is 5.91 Å². The van der Waals surface area contributed by atoms with E-state index >= 15 is 0 Å².